The largest absolute Gasteiger partial charge is 0.376 e. The zero-order valence-electron chi connectivity index (χ0n) is 21.0. The van der Waals surface area contributed by atoms with E-state index in [4.69, 9.17) is 27.2 Å². The van der Waals surface area contributed by atoms with Crippen LogP contribution in [0.5, 0.6) is 0 Å². The number of hydrogen-bond donors (Lipinski definition) is 3. The van der Waals surface area contributed by atoms with Gasteiger partial charge in [0.05, 0.1) is 35.8 Å². The predicted octanol–water partition coefficient (Wildman–Crippen LogP) is 2.22. The summed E-state index contributed by atoms with van der Waals surface area (Å²) in [6.07, 6.45) is 6.44. The highest BCUT2D eigenvalue weighted by Gasteiger charge is 2.47. The zero-order chi connectivity index (χ0) is 27.1. The second-order valence-electron chi connectivity index (χ2n) is 10.1. The minimum absolute atomic E-state index is 0.0466. The van der Waals surface area contributed by atoms with Crippen molar-refractivity contribution in [3.63, 3.8) is 0 Å². The second kappa shape index (κ2) is 10.9. The van der Waals surface area contributed by atoms with E-state index in [0.29, 0.717) is 33.5 Å². The number of piperidine rings is 1. The summed E-state index contributed by atoms with van der Waals surface area (Å²) in [5.41, 5.74) is 6.86. The highest BCUT2D eigenvalue weighted by atomic mass is 35.5. The monoisotopic (exact) mass is 581 g/mol. The molecule has 38 heavy (non-hydrogen) atoms. The van der Waals surface area contributed by atoms with Crippen molar-refractivity contribution in [2.45, 2.75) is 60.7 Å². The van der Waals surface area contributed by atoms with Crippen LogP contribution in [0, 0.1) is 5.41 Å². The van der Waals surface area contributed by atoms with Gasteiger partial charge in [-0.15, -0.1) is 0 Å². The van der Waals surface area contributed by atoms with Crippen molar-refractivity contribution in [1.29, 1.82) is 0 Å². The average Bonchev–Trinajstić information content (AvgIpc) is 3.50. The third-order valence-electron chi connectivity index (χ3n) is 7.81. The van der Waals surface area contributed by atoms with E-state index in [9.17, 15) is 13.2 Å². The summed E-state index contributed by atoms with van der Waals surface area (Å²) in [4.78, 5) is 24.9. The van der Waals surface area contributed by atoms with Crippen molar-refractivity contribution in [2.75, 3.05) is 36.5 Å². The molecule has 206 valence electrons. The van der Waals surface area contributed by atoms with E-state index in [1.165, 1.54) is 11.8 Å². The lowest BCUT2D eigenvalue weighted by Gasteiger charge is -2.41. The molecule has 0 radical (unpaired) electrons. The minimum Gasteiger partial charge on any atom is -0.376 e. The summed E-state index contributed by atoms with van der Waals surface area (Å²) in [7, 11) is -3.96. The van der Waals surface area contributed by atoms with Gasteiger partial charge in [0.2, 0.25) is 5.91 Å². The number of amides is 1. The van der Waals surface area contributed by atoms with E-state index in [1.54, 1.807) is 24.5 Å². The van der Waals surface area contributed by atoms with E-state index in [2.05, 4.69) is 20.2 Å². The number of carbonyl (C=O) groups is 1. The number of anilines is 2. The van der Waals surface area contributed by atoms with Gasteiger partial charge in [-0.1, -0.05) is 29.4 Å². The van der Waals surface area contributed by atoms with E-state index in [0.717, 1.165) is 42.7 Å². The van der Waals surface area contributed by atoms with E-state index in [-0.39, 0.29) is 24.1 Å². The maximum absolute atomic E-state index is 12.8. The normalized spacial score (nSPS) is 25.7. The Kier molecular flexibility index (Phi) is 7.89. The fourth-order valence-electron chi connectivity index (χ4n) is 5.50. The molecular weight excluding hydrogens is 550 g/mol. The Labute approximate surface area is 231 Å². The van der Waals surface area contributed by atoms with Gasteiger partial charge in [-0.25, -0.2) is 15.1 Å². The number of nitrogens with two attached hydrogens (primary N) is 2. The molecule has 3 saturated heterocycles. The molecule has 1 amide bonds. The highest BCUT2D eigenvalue weighted by molar-refractivity contribution is 7.99. The van der Waals surface area contributed by atoms with Crippen molar-refractivity contribution in [3.05, 3.63) is 35.6 Å². The van der Waals surface area contributed by atoms with Gasteiger partial charge in [0.25, 0.3) is 10.2 Å². The molecule has 3 aliphatic heterocycles. The van der Waals surface area contributed by atoms with Crippen molar-refractivity contribution in [3.8, 4) is 0 Å². The Hall–Kier alpha value is -2.00. The van der Waals surface area contributed by atoms with Gasteiger partial charge in [-0.2, -0.15) is 12.7 Å². The van der Waals surface area contributed by atoms with E-state index >= 15 is 0 Å². The summed E-state index contributed by atoms with van der Waals surface area (Å²) in [5.74, 6) is 0.348. The molecule has 3 atom stereocenters. The Morgan fingerprint density at radius 1 is 1.24 bits per heavy atom. The van der Waals surface area contributed by atoms with Gasteiger partial charge in [0.1, 0.15) is 16.9 Å². The first-order valence-corrected chi connectivity index (χ1v) is 15.3. The van der Waals surface area contributed by atoms with Crippen LogP contribution in [0.25, 0.3) is 0 Å². The molecule has 0 aliphatic carbocycles. The van der Waals surface area contributed by atoms with Gasteiger partial charge in [0, 0.05) is 36.0 Å². The number of aromatic nitrogens is 2. The molecule has 14 heteroatoms. The van der Waals surface area contributed by atoms with Gasteiger partial charge < -0.3 is 20.7 Å². The minimum atomic E-state index is -3.96. The zero-order valence-corrected chi connectivity index (χ0v) is 23.4. The lowest BCUT2D eigenvalue weighted by Crippen LogP contribution is -2.50. The Bertz CT molecular complexity index is 1290. The first kappa shape index (κ1) is 27.6. The lowest BCUT2D eigenvalue weighted by molar-refractivity contribution is -0.119. The van der Waals surface area contributed by atoms with Gasteiger partial charge in [0.15, 0.2) is 0 Å². The molecule has 11 nitrogen and oxygen atoms in total. The first-order valence-electron chi connectivity index (χ1n) is 12.6. The Balaban J connectivity index is 1.22. The predicted molar refractivity (Wildman–Crippen MR) is 146 cm³/mol. The van der Waals surface area contributed by atoms with Crippen LogP contribution in [0.3, 0.4) is 0 Å². The number of halogens is 1. The number of nitrogens with zero attached hydrogens (tertiary/aromatic N) is 4. The Morgan fingerprint density at radius 3 is 2.63 bits per heavy atom. The molecule has 3 fully saturated rings. The molecule has 1 unspecified atom stereocenters. The van der Waals surface area contributed by atoms with Crippen LogP contribution >= 0.6 is 23.4 Å². The Morgan fingerprint density at radius 2 is 2.00 bits per heavy atom. The fourth-order valence-corrected chi connectivity index (χ4v) is 7.51. The van der Waals surface area contributed by atoms with Crippen LogP contribution in [-0.2, 0) is 19.7 Å². The maximum Gasteiger partial charge on any atom is 0.277 e. The molecular formula is C24H32ClN7O4S2. The van der Waals surface area contributed by atoms with Crippen LogP contribution in [0.2, 0.25) is 5.02 Å². The molecule has 3 aliphatic rings. The van der Waals surface area contributed by atoms with Gasteiger partial charge >= 0.3 is 0 Å². The fraction of sp³-hybridized carbons (Fsp3) is 0.542. The molecule has 0 bridgehead atoms. The van der Waals surface area contributed by atoms with Crippen molar-refractivity contribution in [1.82, 2.24) is 14.3 Å². The second-order valence-corrected chi connectivity index (χ2v) is 13.1. The summed E-state index contributed by atoms with van der Waals surface area (Å²) >= 11 is 7.93. The van der Waals surface area contributed by atoms with Crippen molar-refractivity contribution in [2.24, 2.45) is 16.3 Å². The van der Waals surface area contributed by atoms with Gasteiger partial charge in [-0.3, -0.25) is 4.79 Å². The topological polar surface area (TPSA) is 157 Å². The quantitative estimate of drug-likeness (QED) is 0.465. The maximum atomic E-state index is 12.8. The number of ether oxygens (including phenoxy) is 1. The molecule has 2 aromatic rings. The van der Waals surface area contributed by atoms with Crippen LogP contribution in [0.4, 0.5) is 11.5 Å². The third kappa shape index (κ3) is 5.51. The summed E-state index contributed by atoms with van der Waals surface area (Å²) in [5, 5.41) is 9.01. The smallest absolute Gasteiger partial charge is 0.277 e. The van der Waals surface area contributed by atoms with Crippen LogP contribution < -0.4 is 21.1 Å². The van der Waals surface area contributed by atoms with Crippen molar-refractivity contribution >= 4 is 51.0 Å². The number of benzene rings is 1. The molecule has 5 rings (SSSR count). The molecule has 1 spiro atoms. The number of rotatable bonds is 6. The van der Waals surface area contributed by atoms with Crippen molar-refractivity contribution < 1.29 is 17.9 Å². The van der Waals surface area contributed by atoms with Gasteiger partial charge in [-0.05, 0) is 44.7 Å². The molecule has 5 N–H and O–H groups in total. The summed E-state index contributed by atoms with van der Waals surface area (Å²) in [6, 6.07) is 4.45. The van der Waals surface area contributed by atoms with Crippen LogP contribution in [0.1, 0.15) is 32.6 Å². The molecule has 1 aromatic carbocycles. The molecule has 1 aromatic heterocycles. The average molecular weight is 582 g/mol. The standard InChI is InChI=1S/C24H32ClN7O4S2/c1-15-22(26)24(14-36-15)7-10-31(11-8-24)19-12-29-20(13-28-19)37-18-6-2-4-16(21(18)25)30-23(33)17-5-3-9-32(17)38(27,34)35/h2,4,6,12-13,15,17,22H,3,5,7-11,14,26H2,1H3,(H,30,33)(H2,27,34,35)/t15-,17?,22+/m0/s1. The molecule has 4 heterocycles. The SMILES string of the molecule is C[C@@H]1OCC2(CCN(c3cnc(Sc4cccc(NC(=O)C5CCCN5S(N)(=O)=O)c4Cl)cn3)CC2)[C@@H]1N. The van der Waals surface area contributed by atoms with Crippen LogP contribution in [0.15, 0.2) is 40.5 Å². The lowest BCUT2D eigenvalue weighted by atomic mass is 9.73. The van der Waals surface area contributed by atoms with Crippen LogP contribution in [-0.4, -0.2) is 73.0 Å². The number of nitrogens with one attached hydrogen (secondary N) is 1. The number of carbonyl (C=O) groups excluding carboxylic acids is 1. The first-order chi connectivity index (χ1) is 18.1. The van der Waals surface area contributed by atoms with E-state index < -0.39 is 22.2 Å². The number of hydrogen-bond acceptors (Lipinski definition) is 9. The highest BCUT2D eigenvalue weighted by Crippen LogP contribution is 2.42. The van der Waals surface area contributed by atoms with E-state index in [1.807, 2.05) is 13.0 Å². The molecule has 0 saturated carbocycles. The summed E-state index contributed by atoms with van der Waals surface area (Å²) in [6.45, 7) is 4.68. The third-order valence-corrected chi connectivity index (χ3v) is 10.4. The summed E-state index contributed by atoms with van der Waals surface area (Å²) < 4.78 is 30.4.